The quantitative estimate of drug-likeness (QED) is 0.573. The van der Waals surface area contributed by atoms with Gasteiger partial charge in [0.2, 0.25) is 0 Å². The first-order chi connectivity index (χ1) is 9.58. The number of rotatable bonds is 4. The molecule has 1 amide bonds. The van der Waals surface area contributed by atoms with Gasteiger partial charge in [-0.15, -0.1) is 0 Å². The molecule has 0 aromatic heterocycles. The first-order valence-electron chi connectivity index (χ1n) is 6.29. The van der Waals surface area contributed by atoms with Crippen LogP contribution < -0.4 is 10.6 Å². The molecule has 0 bridgehead atoms. The van der Waals surface area contributed by atoms with Crippen molar-refractivity contribution in [2.24, 2.45) is 4.99 Å². The summed E-state index contributed by atoms with van der Waals surface area (Å²) < 4.78 is 12.8. The number of aliphatic imine (C=N–C) groups is 1. The number of amides is 1. The highest BCUT2D eigenvalue weighted by Gasteiger charge is 2.21. The summed E-state index contributed by atoms with van der Waals surface area (Å²) in [5, 5.41) is 15.2. The summed E-state index contributed by atoms with van der Waals surface area (Å²) in [5.74, 6) is -0.421. The Morgan fingerprint density at radius 2 is 2.15 bits per heavy atom. The fraction of sp³-hybridized carbons (Fsp3) is 0.286. The number of nitrogens with zero attached hydrogens (tertiary/aromatic N) is 1. The van der Waals surface area contributed by atoms with E-state index < -0.39 is 5.91 Å². The molecule has 1 aliphatic heterocycles. The van der Waals surface area contributed by atoms with Crippen molar-refractivity contribution in [3.05, 3.63) is 47.0 Å². The summed E-state index contributed by atoms with van der Waals surface area (Å²) >= 11 is 0. The average molecular weight is 277 g/mol. The Morgan fingerprint density at radius 1 is 1.45 bits per heavy atom. The summed E-state index contributed by atoms with van der Waals surface area (Å²) in [6, 6.07) is 5.85. The van der Waals surface area contributed by atoms with E-state index in [9.17, 15) is 14.3 Å². The van der Waals surface area contributed by atoms with Crippen LogP contribution in [0.4, 0.5) is 4.39 Å². The van der Waals surface area contributed by atoms with E-state index in [4.69, 9.17) is 0 Å². The molecule has 5 nitrogen and oxygen atoms in total. The maximum atomic E-state index is 12.8. The maximum Gasteiger partial charge on any atom is 0.258 e. The lowest BCUT2D eigenvalue weighted by Gasteiger charge is -2.10. The second kappa shape index (κ2) is 6.18. The van der Waals surface area contributed by atoms with Crippen LogP contribution in [-0.2, 0) is 11.3 Å². The lowest BCUT2D eigenvalue weighted by molar-refractivity contribution is -0.117. The van der Waals surface area contributed by atoms with Gasteiger partial charge in [-0.3, -0.25) is 9.79 Å². The lowest BCUT2D eigenvalue weighted by Crippen LogP contribution is -2.33. The topological polar surface area (TPSA) is 73.7 Å². The highest BCUT2D eigenvalue weighted by atomic mass is 19.1. The molecule has 0 atom stereocenters. The summed E-state index contributed by atoms with van der Waals surface area (Å²) in [6.07, 6.45) is 0. The van der Waals surface area contributed by atoms with Crippen LogP contribution in [0.15, 0.2) is 40.6 Å². The van der Waals surface area contributed by atoms with E-state index >= 15 is 0 Å². The van der Waals surface area contributed by atoms with Crippen LogP contribution in [0.1, 0.15) is 12.5 Å². The van der Waals surface area contributed by atoms with Crippen molar-refractivity contribution in [3.8, 4) is 0 Å². The van der Waals surface area contributed by atoms with Crippen LogP contribution in [0.25, 0.3) is 0 Å². The number of allylic oxidation sites excluding steroid dienone is 1. The molecule has 0 fully saturated rings. The number of amidine groups is 1. The SMILES string of the molecule is C/C(O)=C(/C(=O)NCc1ccc(F)cc1)C1=NCCN1. The van der Waals surface area contributed by atoms with E-state index in [0.717, 1.165) is 5.56 Å². The Morgan fingerprint density at radius 3 is 2.70 bits per heavy atom. The van der Waals surface area contributed by atoms with Gasteiger partial charge < -0.3 is 15.7 Å². The standard InChI is InChI=1S/C14H16FN3O2/c1-9(19)12(13-16-6-7-17-13)14(20)18-8-10-2-4-11(15)5-3-10/h2-5,19H,6-8H2,1H3,(H,16,17)(H,18,20)/b12-9-. The van der Waals surface area contributed by atoms with Crippen LogP contribution in [0.5, 0.6) is 0 Å². The van der Waals surface area contributed by atoms with Crippen LogP contribution in [-0.4, -0.2) is 29.9 Å². The molecule has 1 aliphatic rings. The summed E-state index contributed by atoms with van der Waals surface area (Å²) in [6.45, 7) is 2.92. The Balaban J connectivity index is 2.03. The zero-order valence-electron chi connectivity index (χ0n) is 11.1. The molecule has 0 radical (unpaired) electrons. The third-order valence-electron chi connectivity index (χ3n) is 2.87. The van der Waals surface area contributed by atoms with Gasteiger partial charge in [0.1, 0.15) is 23.0 Å². The largest absolute Gasteiger partial charge is 0.512 e. The van der Waals surface area contributed by atoms with Gasteiger partial charge in [-0.2, -0.15) is 0 Å². The van der Waals surface area contributed by atoms with Crippen molar-refractivity contribution in [2.75, 3.05) is 13.1 Å². The maximum absolute atomic E-state index is 12.8. The van der Waals surface area contributed by atoms with Crippen LogP contribution in [0.2, 0.25) is 0 Å². The molecule has 0 unspecified atom stereocenters. The molecule has 0 saturated heterocycles. The van der Waals surface area contributed by atoms with Gasteiger partial charge in [0.15, 0.2) is 0 Å². The van der Waals surface area contributed by atoms with Gasteiger partial charge in [0.05, 0.1) is 6.54 Å². The Bertz CT molecular complexity index is 560. The van der Waals surface area contributed by atoms with Crippen molar-refractivity contribution in [2.45, 2.75) is 13.5 Å². The number of halogens is 1. The summed E-state index contributed by atoms with van der Waals surface area (Å²) in [4.78, 5) is 16.2. The molecule has 1 aromatic rings. The van der Waals surface area contributed by atoms with Crippen molar-refractivity contribution in [1.29, 1.82) is 0 Å². The molecular formula is C14H16FN3O2. The highest BCUT2D eigenvalue weighted by Crippen LogP contribution is 2.07. The number of hydrogen-bond donors (Lipinski definition) is 3. The lowest BCUT2D eigenvalue weighted by atomic mass is 10.1. The monoisotopic (exact) mass is 277 g/mol. The fourth-order valence-corrected chi connectivity index (χ4v) is 1.88. The first kappa shape index (κ1) is 14.0. The molecule has 3 N–H and O–H groups in total. The summed E-state index contributed by atoms with van der Waals surface area (Å²) in [5.41, 5.74) is 0.917. The molecule has 2 rings (SSSR count). The van der Waals surface area contributed by atoms with Gasteiger partial charge in [0, 0.05) is 13.1 Å². The van der Waals surface area contributed by atoms with Crippen molar-refractivity contribution in [1.82, 2.24) is 10.6 Å². The Hall–Kier alpha value is -2.37. The smallest absolute Gasteiger partial charge is 0.258 e. The second-order valence-electron chi connectivity index (χ2n) is 4.43. The average Bonchev–Trinajstić information content (AvgIpc) is 2.91. The minimum atomic E-state index is -0.414. The minimum absolute atomic E-state index is 0.0882. The van der Waals surface area contributed by atoms with E-state index in [-0.39, 0.29) is 23.7 Å². The highest BCUT2D eigenvalue weighted by molar-refractivity contribution is 6.21. The normalized spacial score (nSPS) is 15.2. The Labute approximate surface area is 116 Å². The minimum Gasteiger partial charge on any atom is -0.512 e. The Kier molecular flexibility index (Phi) is 4.34. The predicted molar refractivity (Wildman–Crippen MR) is 73.9 cm³/mol. The number of benzene rings is 1. The number of carbonyl (C=O) groups excluding carboxylic acids is 1. The number of aliphatic hydroxyl groups excluding tert-OH is 1. The molecule has 6 heteroatoms. The molecular weight excluding hydrogens is 261 g/mol. The first-order valence-corrected chi connectivity index (χ1v) is 6.29. The van der Waals surface area contributed by atoms with Gasteiger partial charge in [-0.1, -0.05) is 12.1 Å². The van der Waals surface area contributed by atoms with E-state index in [1.54, 1.807) is 12.1 Å². The molecule has 20 heavy (non-hydrogen) atoms. The van der Waals surface area contributed by atoms with Crippen molar-refractivity contribution in [3.63, 3.8) is 0 Å². The third kappa shape index (κ3) is 3.34. The van der Waals surface area contributed by atoms with Gasteiger partial charge >= 0.3 is 0 Å². The van der Waals surface area contributed by atoms with Crippen LogP contribution >= 0.6 is 0 Å². The number of carbonyl (C=O) groups is 1. The van der Waals surface area contributed by atoms with Gasteiger partial charge in [-0.05, 0) is 24.6 Å². The van der Waals surface area contributed by atoms with E-state index in [1.807, 2.05) is 0 Å². The molecule has 0 saturated carbocycles. The van der Waals surface area contributed by atoms with Crippen LogP contribution in [0, 0.1) is 5.82 Å². The predicted octanol–water partition coefficient (Wildman–Crippen LogP) is 1.28. The second-order valence-corrected chi connectivity index (χ2v) is 4.43. The molecule has 106 valence electrons. The van der Waals surface area contributed by atoms with Gasteiger partial charge in [0.25, 0.3) is 5.91 Å². The van der Waals surface area contributed by atoms with E-state index in [1.165, 1.54) is 19.1 Å². The number of aliphatic hydroxyl groups is 1. The zero-order chi connectivity index (χ0) is 14.5. The zero-order valence-corrected chi connectivity index (χ0v) is 11.1. The van der Waals surface area contributed by atoms with E-state index in [2.05, 4.69) is 15.6 Å². The van der Waals surface area contributed by atoms with Crippen molar-refractivity contribution < 1.29 is 14.3 Å². The number of hydrogen-bond acceptors (Lipinski definition) is 4. The summed E-state index contributed by atoms with van der Waals surface area (Å²) in [7, 11) is 0. The van der Waals surface area contributed by atoms with Crippen molar-refractivity contribution >= 4 is 11.7 Å². The number of nitrogens with one attached hydrogen (secondary N) is 2. The third-order valence-corrected chi connectivity index (χ3v) is 2.87. The van der Waals surface area contributed by atoms with E-state index in [0.29, 0.717) is 18.9 Å². The van der Waals surface area contributed by atoms with Crippen LogP contribution in [0.3, 0.4) is 0 Å². The van der Waals surface area contributed by atoms with Gasteiger partial charge in [-0.25, -0.2) is 4.39 Å². The fourth-order valence-electron chi connectivity index (χ4n) is 1.88. The molecule has 1 heterocycles. The molecule has 0 aliphatic carbocycles. The molecule has 1 aromatic carbocycles. The molecule has 0 spiro atoms.